The highest BCUT2D eigenvalue weighted by molar-refractivity contribution is 6.32. The molecule has 0 fully saturated rings. The molecule has 0 aliphatic rings. The Hall–Kier alpha value is -1.56. The minimum atomic E-state index is -0.440. The molecule has 1 aromatic carbocycles. The molecule has 0 aliphatic heterocycles. The fraction of sp³-hybridized carbons (Fsp3) is 0.444. The maximum Gasteiger partial charge on any atom is 0.255 e. The van der Waals surface area contributed by atoms with Gasteiger partial charge in [-0.05, 0) is 38.3 Å². The first-order valence-electron chi connectivity index (χ1n) is 8.09. The van der Waals surface area contributed by atoms with Crippen LogP contribution in [-0.4, -0.2) is 27.8 Å². The largest absolute Gasteiger partial charge is 0.345 e. The Morgan fingerprint density at radius 3 is 2.60 bits per heavy atom. The molecule has 138 valence electrons. The highest BCUT2D eigenvalue weighted by atomic mass is 35.5. The van der Waals surface area contributed by atoms with E-state index in [0.29, 0.717) is 23.0 Å². The van der Waals surface area contributed by atoms with Crippen molar-refractivity contribution in [3.8, 4) is 5.69 Å². The van der Waals surface area contributed by atoms with E-state index >= 15 is 0 Å². The number of hydrogen-bond acceptors (Lipinski definition) is 3. The summed E-state index contributed by atoms with van der Waals surface area (Å²) in [7, 11) is 0. The summed E-state index contributed by atoms with van der Waals surface area (Å²) in [6, 6.07) is 7.41. The standard InChI is InChI=1S/C18H25ClN4O.ClH/c1-12(2)9-18(4,11-20)22-17(24)14-10-21-23(13(14)3)16-8-6-5-7-15(16)19;/h5-8,10,12H,9,11,20H2,1-4H3,(H,22,24);1H. The first-order valence-corrected chi connectivity index (χ1v) is 8.47. The summed E-state index contributed by atoms with van der Waals surface area (Å²) in [6.07, 6.45) is 2.38. The van der Waals surface area contributed by atoms with Crippen molar-refractivity contribution in [2.24, 2.45) is 11.7 Å². The van der Waals surface area contributed by atoms with Gasteiger partial charge in [0.2, 0.25) is 0 Å². The molecule has 2 rings (SSSR count). The molecule has 1 unspecified atom stereocenters. The van der Waals surface area contributed by atoms with Crippen molar-refractivity contribution in [3.63, 3.8) is 0 Å². The molecular formula is C18H26Cl2N4O. The van der Waals surface area contributed by atoms with E-state index in [1.807, 2.05) is 32.0 Å². The first kappa shape index (κ1) is 21.5. The van der Waals surface area contributed by atoms with Crippen molar-refractivity contribution in [1.29, 1.82) is 0 Å². The minimum absolute atomic E-state index is 0. The molecule has 7 heteroatoms. The Bertz CT molecular complexity index is 730. The number of aromatic nitrogens is 2. The van der Waals surface area contributed by atoms with Crippen molar-refractivity contribution in [3.05, 3.63) is 46.7 Å². The second-order valence-corrected chi connectivity index (χ2v) is 7.23. The second-order valence-electron chi connectivity index (χ2n) is 6.82. The van der Waals surface area contributed by atoms with E-state index in [4.69, 9.17) is 17.3 Å². The van der Waals surface area contributed by atoms with Gasteiger partial charge in [0.05, 0.1) is 28.2 Å². The lowest BCUT2D eigenvalue weighted by atomic mass is 9.90. The van der Waals surface area contributed by atoms with E-state index in [0.717, 1.165) is 17.8 Å². The fourth-order valence-electron chi connectivity index (χ4n) is 2.93. The van der Waals surface area contributed by atoms with Crippen LogP contribution in [0.1, 0.15) is 43.2 Å². The number of amides is 1. The van der Waals surface area contributed by atoms with Crippen LogP contribution in [0.2, 0.25) is 5.02 Å². The van der Waals surface area contributed by atoms with Gasteiger partial charge in [-0.25, -0.2) is 4.68 Å². The third-order valence-electron chi connectivity index (χ3n) is 4.06. The molecule has 0 radical (unpaired) electrons. The van der Waals surface area contributed by atoms with Crippen molar-refractivity contribution in [2.75, 3.05) is 6.54 Å². The fourth-order valence-corrected chi connectivity index (χ4v) is 3.14. The maximum atomic E-state index is 12.7. The summed E-state index contributed by atoms with van der Waals surface area (Å²) in [5, 5.41) is 7.97. The molecule has 1 amide bonds. The van der Waals surface area contributed by atoms with Gasteiger partial charge in [-0.2, -0.15) is 5.10 Å². The normalized spacial score (nSPS) is 13.2. The third kappa shape index (κ3) is 4.97. The molecule has 0 bridgehead atoms. The summed E-state index contributed by atoms with van der Waals surface area (Å²) in [5.41, 5.74) is 7.46. The number of nitrogens with one attached hydrogen (secondary N) is 1. The predicted molar refractivity (Wildman–Crippen MR) is 105 cm³/mol. The zero-order chi connectivity index (χ0) is 17.9. The zero-order valence-electron chi connectivity index (χ0n) is 15.0. The Morgan fingerprint density at radius 2 is 2.04 bits per heavy atom. The van der Waals surface area contributed by atoms with Gasteiger partial charge in [-0.1, -0.05) is 37.6 Å². The maximum absolute atomic E-state index is 12.7. The quantitative estimate of drug-likeness (QED) is 0.796. The molecule has 0 spiro atoms. The monoisotopic (exact) mass is 384 g/mol. The van der Waals surface area contributed by atoms with Gasteiger partial charge in [0, 0.05) is 12.1 Å². The number of carbonyl (C=O) groups excluding carboxylic acids is 1. The van der Waals surface area contributed by atoms with Crippen molar-refractivity contribution in [1.82, 2.24) is 15.1 Å². The summed E-state index contributed by atoms with van der Waals surface area (Å²) >= 11 is 6.23. The predicted octanol–water partition coefficient (Wildman–Crippen LogP) is 3.75. The van der Waals surface area contributed by atoms with Crippen LogP contribution < -0.4 is 11.1 Å². The van der Waals surface area contributed by atoms with E-state index in [-0.39, 0.29) is 18.3 Å². The molecule has 2 aromatic rings. The molecule has 1 heterocycles. The second kappa shape index (κ2) is 8.70. The Balaban J connectivity index is 0.00000312. The summed E-state index contributed by atoms with van der Waals surface area (Å²) < 4.78 is 1.68. The van der Waals surface area contributed by atoms with Crippen molar-refractivity contribution < 1.29 is 4.79 Å². The highest BCUT2D eigenvalue weighted by Crippen LogP contribution is 2.23. The molecule has 25 heavy (non-hydrogen) atoms. The van der Waals surface area contributed by atoms with Crippen molar-refractivity contribution in [2.45, 2.75) is 39.7 Å². The molecule has 0 saturated carbocycles. The van der Waals surface area contributed by atoms with Gasteiger partial charge in [-0.3, -0.25) is 4.79 Å². The van der Waals surface area contributed by atoms with Gasteiger partial charge in [0.15, 0.2) is 0 Å². The van der Waals surface area contributed by atoms with Crippen molar-refractivity contribution >= 4 is 29.9 Å². The van der Waals surface area contributed by atoms with E-state index in [9.17, 15) is 4.79 Å². The summed E-state index contributed by atoms with van der Waals surface area (Å²) in [6.45, 7) is 8.43. The Kier molecular flexibility index (Phi) is 7.47. The van der Waals surface area contributed by atoms with Gasteiger partial charge >= 0.3 is 0 Å². The van der Waals surface area contributed by atoms with Crippen LogP contribution in [0.5, 0.6) is 0 Å². The van der Waals surface area contributed by atoms with Crippen LogP contribution in [0.25, 0.3) is 5.69 Å². The Morgan fingerprint density at radius 1 is 1.40 bits per heavy atom. The molecule has 0 saturated heterocycles. The topological polar surface area (TPSA) is 72.9 Å². The summed E-state index contributed by atoms with van der Waals surface area (Å²) in [4.78, 5) is 12.7. The van der Waals surface area contributed by atoms with Crippen LogP contribution in [0.15, 0.2) is 30.5 Å². The number of nitrogens with two attached hydrogens (primary N) is 1. The van der Waals surface area contributed by atoms with E-state index in [1.54, 1.807) is 16.9 Å². The molecule has 1 aromatic heterocycles. The lowest BCUT2D eigenvalue weighted by Crippen LogP contribution is -2.52. The molecule has 1 atom stereocenters. The molecular weight excluding hydrogens is 359 g/mol. The number of benzene rings is 1. The molecule has 0 aliphatic carbocycles. The van der Waals surface area contributed by atoms with Gasteiger partial charge in [0.1, 0.15) is 0 Å². The smallest absolute Gasteiger partial charge is 0.255 e. The molecule has 5 nitrogen and oxygen atoms in total. The summed E-state index contributed by atoms with van der Waals surface area (Å²) in [5.74, 6) is 0.269. The zero-order valence-corrected chi connectivity index (χ0v) is 16.6. The Labute approximate surface area is 160 Å². The average molecular weight is 385 g/mol. The van der Waals surface area contributed by atoms with Gasteiger partial charge in [-0.15, -0.1) is 12.4 Å². The van der Waals surface area contributed by atoms with E-state index in [1.165, 1.54) is 0 Å². The molecule has 3 N–H and O–H groups in total. The average Bonchev–Trinajstić information content (AvgIpc) is 2.88. The number of rotatable bonds is 6. The lowest BCUT2D eigenvalue weighted by molar-refractivity contribution is 0.0897. The highest BCUT2D eigenvalue weighted by Gasteiger charge is 2.28. The minimum Gasteiger partial charge on any atom is -0.345 e. The SMILES string of the molecule is Cc1c(C(=O)NC(C)(CN)CC(C)C)cnn1-c1ccccc1Cl.Cl. The number of para-hydroxylation sites is 1. The lowest BCUT2D eigenvalue weighted by Gasteiger charge is -2.31. The number of halogens is 2. The third-order valence-corrected chi connectivity index (χ3v) is 4.38. The van der Waals surface area contributed by atoms with Gasteiger partial charge < -0.3 is 11.1 Å². The van der Waals surface area contributed by atoms with E-state index < -0.39 is 5.54 Å². The van der Waals surface area contributed by atoms with E-state index in [2.05, 4.69) is 24.3 Å². The number of nitrogens with zero attached hydrogens (tertiary/aromatic N) is 2. The van der Waals surface area contributed by atoms with Crippen LogP contribution in [0.4, 0.5) is 0 Å². The number of hydrogen-bond donors (Lipinski definition) is 2. The van der Waals surface area contributed by atoms with Crippen LogP contribution in [0.3, 0.4) is 0 Å². The van der Waals surface area contributed by atoms with Crippen LogP contribution in [-0.2, 0) is 0 Å². The van der Waals surface area contributed by atoms with Crippen LogP contribution >= 0.6 is 24.0 Å². The van der Waals surface area contributed by atoms with Crippen LogP contribution in [0, 0.1) is 12.8 Å². The number of carbonyl (C=O) groups is 1. The van der Waals surface area contributed by atoms with Gasteiger partial charge in [0.25, 0.3) is 5.91 Å². The first-order chi connectivity index (χ1) is 11.3.